The van der Waals surface area contributed by atoms with Gasteiger partial charge in [-0.15, -0.1) is 0 Å². The van der Waals surface area contributed by atoms with E-state index in [1.807, 2.05) is 13.8 Å². The van der Waals surface area contributed by atoms with Gasteiger partial charge in [-0.3, -0.25) is 9.59 Å². The molecule has 144 valence electrons. The van der Waals surface area contributed by atoms with Crippen LogP contribution in [0.2, 0.25) is 0 Å². The van der Waals surface area contributed by atoms with Crippen molar-refractivity contribution in [2.24, 2.45) is 28.6 Å². The summed E-state index contributed by atoms with van der Waals surface area (Å²) in [5.41, 5.74) is -1.33. The highest BCUT2D eigenvalue weighted by Crippen LogP contribution is 2.67. The van der Waals surface area contributed by atoms with Crippen LogP contribution in [-0.4, -0.2) is 44.7 Å². The number of hydrogen-bond acceptors (Lipinski definition) is 5. The number of aliphatic hydroxyl groups is 3. The Bertz CT molecular complexity index is 699. The van der Waals surface area contributed by atoms with Crippen molar-refractivity contribution >= 4 is 11.6 Å². The Morgan fingerprint density at radius 2 is 1.81 bits per heavy atom. The first-order chi connectivity index (χ1) is 12.0. The summed E-state index contributed by atoms with van der Waals surface area (Å²) < 4.78 is 0. The number of carbonyl (C=O) groups is 2. The molecule has 0 heterocycles. The monoisotopic (exact) mass is 362 g/mol. The van der Waals surface area contributed by atoms with Crippen LogP contribution in [0.5, 0.6) is 0 Å². The smallest absolute Gasteiger partial charge is 0.159 e. The summed E-state index contributed by atoms with van der Waals surface area (Å²) in [6.45, 7) is 5.64. The summed E-state index contributed by atoms with van der Waals surface area (Å²) in [5, 5.41) is 32.1. The number of fused-ring (bicyclic) bond motifs is 5. The molecule has 26 heavy (non-hydrogen) atoms. The average molecular weight is 362 g/mol. The van der Waals surface area contributed by atoms with Crippen LogP contribution < -0.4 is 0 Å². The molecule has 0 spiro atoms. The van der Waals surface area contributed by atoms with Crippen molar-refractivity contribution in [3.8, 4) is 0 Å². The molecule has 4 rings (SSSR count). The van der Waals surface area contributed by atoms with Gasteiger partial charge in [0.25, 0.3) is 0 Å². The molecule has 3 fully saturated rings. The van der Waals surface area contributed by atoms with Crippen LogP contribution in [-0.2, 0) is 9.59 Å². The molecule has 0 aromatic heterocycles. The Hall–Kier alpha value is -1.04. The van der Waals surface area contributed by atoms with Gasteiger partial charge in [0.15, 0.2) is 5.78 Å². The molecule has 5 heteroatoms. The van der Waals surface area contributed by atoms with Gasteiger partial charge in [-0.05, 0) is 68.4 Å². The van der Waals surface area contributed by atoms with Gasteiger partial charge in [-0.1, -0.05) is 13.8 Å². The zero-order valence-electron chi connectivity index (χ0n) is 15.9. The lowest BCUT2D eigenvalue weighted by Crippen LogP contribution is -2.60. The Kier molecular flexibility index (Phi) is 3.87. The average Bonchev–Trinajstić information content (AvgIpc) is 2.83. The van der Waals surface area contributed by atoms with Crippen molar-refractivity contribution in [3.63, 3.8) is 0 Å². The normalized spacial score (nSPS) is 53.4. The van der Waals surface area contributed by atoms with Gasteiger partial charge >= 0.3 is 0 Å². The van der Waals surface area contributed by atoms with E-state index in [1.165, 1.54) is 0 Å². The number of hydrogen-bond donors (Lipinski definition) is 3. The highest BCUT2D eigenvalue weighted by molar-refractivity contribution is 5.95. The lowest BCUT2D eigenvalue weighted by Gasteiger charge is -2.59. The maximum Gasteiger partial charge on any atom is 0.159 e. The second kappa shape index (κ2) is 5.49. The van der Waals surface area contributed by atoms with E-state index in [-0.39, 0.29) is 35.7 Å². The van der Waals surface area contributed by atoms with Crippen LogP contribution in [0, 0.1) is 28.6 Å². The summed E-state index contributed by atoms with van der Waals surface area (Å²) in [4.78, 5) is 25.1. The minimum Gasteiger partial charge on any atom is -0.390 e. The predicted octanol–water partition coefficient (Wildman–Crippen LogP) is 1.78. The molecule has 0 aliphatic heterocycles. The minimum atomic E-state index is -1.13. The SMILES string of the molecule is CC(=O)[C@H]1CC[C@@]2(O)C3=CC(=O)[C@@H]4C[C@H](O)[C@@H](O)C[C@]4(C)[C@H]3CC[C@]12C. The molecule has 5 nitrogen and oxygen atoms in total. The molecular formula is C21H30O5. The Labute approximate surface area is 154 Å². The van der Waals surface area contributed by atoms with Crippen LogP contribution in [0.3, 0.4) is 0 Å². The number of Topliss-reactive ketones (excluding diaryl/α,β-unsaturated/α-hetero) is 1. The summed E-state index contributed by atoms with van der Waals surface area (Å²) in [7, 11) is 0. The van der Waals surface area contributed by atoms with Gasteiger partial charge in [-0.2, -0.15) is 0 Å². The quantitative estimate of drug-likeness (QED) is 0.661. The topological polar surface area (TPSA) is 94.8 Å². The van der Waals surface area contributed by atoms with E-state index in [4.69, 9.17) is 0 Å². The van der Waals surface area contributed by atoms with Crippen molar-refractivity contribution in [3.05, 3.63) is 11.6 Å². The molecule has 0 amide bonds. The fraction of sp³-hybridized carbons (Fsp3) is 0.810. The molecular weight excluding hydrogens is 332 g/mol. The number of aliphatic hydroxyl groups excluding tert-OH is 2. The molecule has 3 N–H and O–H groups in total. The standard InChI is InChI=1S/C21H30O5/c1-11(22)12-5-7-21(26)14-8-16(23)15-9-17(24)18(25)10-19(15,2)13(14)4-6-20(12,21)3/h8,12-13,15,17-18,24-26H,4-7,9-10H2,1-3H3/t12-,13+,15+,17+,18+,19-,20-,21-/m1/s1. The zero-order valence-corrected chi connectivity index (χ0v) is 15.9. The summed E-state index contributed by atoms with van der Waals surface area (Å²) >= 11 is 0. The molecule has 0 bridgehead atoms. The molecule has 8 atom stereocenters. The van der Waals surface area contributed by atoms with E-state index in [9.17, 15) is 24.9 Å². The second-order valence-corrected chi connectivity index (χ2v) is 9.71. The minimum absolute atomic E-state index is 0.0103. The largest absolute Gasteiger partial charge is 0.390 e. The van der Waals surface area contributed by atoms with E-state index in [1.54, 1.807) is 13.0 Å². The maximum atomic E-state index is 12.9. The van der Waals surface area contributed by atoms with Crippen LogP contribution in [0.15, 0.2) is 11.6 Å². The van der Waals surface area contributed by atoms with Crippen molar-refractivity contribution in [2.75, 3.05) is 0 Å². The maximum absolute atomic E-state index is 12.9. The van der Waals surface area contributed by atoms with Gasteiger partial charge in [0.1, 0.15) is 5.78 Å². The number of ketones is 2. The highest BCUT2D eigenvalue weighted by atomic mass is 16.3. The molecule has 0 aromatic carbocycles. The van der Waals surface area contributed by atoms with Crippen molar-refractivity contribution in [2.45, 2.75) is 77.1 Å². The van der Waals surface area contributed by atoms with E-state index < -0.39 is 28.6 Å². The van der Waals surface area contributed by atoms with Gasteiger partial charge in [0.05, 0.1) is 17.8 Å². The fourth-order valence-electron chi connectivity index (χ4n) is 7.02. The predicted molar refractivity (Wildman–Crippen MR) is 95.1 cm³/mol. The molecule has 4 aliphatic rings. The fourth-order valence-corrected chi connectivity index (χ4v) is 7.02. The van der Waals surface area contributed by atoms with Crippen molar-refractivity contribution in [1.82, 2.24) is 0 Å². The molecule has 0 aromatic rings. The summed E-state index contributed by atoms with van der Waals surface area (Å²) in [6, 6.07) is 0. The first kappa shape index (κ1) is 18.3. The molecule has 0 saturated heterocycles. The van der Waals surface area contributed by atoms with Crippen molar-refractivity contribution < 1.29 is 24.9 Å². The summed E-state index contributed by atoms with van der Waals surface area (Å²) in [5.74, 6) is -0.406. The van der Waals surface area contributed by atoms with Crippen molar-refractivity contribution in [1.29, 1.82) is 0 Å². The van der Waals surface area contributed by atoms with Crippen LogP contribution >= 0.6 is 0 Å². The van der Waals surface area contributed by atoms with Gasteiger partial charge in [0, 0.05) is 17.3 Å². The molecule has 0 radical (unpaired) electrons. The lowest BCUT2D eigenvalue weighted by molar-refractivity contribution is -0.153. The Morgan fingerprint density at radius 1 is 1.12 bits per heavy atom. The third-order valence-corrected chi connectivity index (χ3v) is 8.61. The number of rotatable bonds is 1. The van der Waals surface area contributed by atoms with Gasteiger partial charge in [-0.25, -0.2) is 0 Å². The molecule has 3 saturated carbocycles. The van der Waals surface area contributed by atoms with Crippen LogP contribution in [0.25, 0.3) is 0 Å². The third kappa shape index (κ3) is 2.08. The van der Waals surface area contributed by atoms with Gasteiger partial charge < -0.3 is 15.3 Å². The summed E-state index contributed by atoms with van der Waals surface area (Å²) in [6.07, 6.45) is 3.29. The van der Waals surface area contributed by atoms with E-state index >= 15 is 0 Å². The van der Waals surface area contributed by atoms with Crippen LogP contribution in [0.4, 0.5) is 0 Å². The van der Waals surface area contributed by atoms with Crippen LogP contribution in [0.1, 0.15) is 59.3 Å². The second-order valence-electron chi connectivity index (χ2n) is 9.71. The lowest BCUT2D eigenvalue weighted by atomic mass is 9.46. The number of allylic oxidation sites excluding steroid dienone is 1. The number of carbonyl (C=O) groups excluding carboxylic acids is 2. The Balaban J connectivity index is 1.80. The zero-order chi connectivity index (χ0) is 19.1. The van der Waals surface area contributed by atoms with Gasteiger partial charge in [0.2, 0.25) is 0 Å². The molecule has 4 aliphatic carbocycles. The molecule has 0 unspecified atom stereocenters. The first-order valence-corrected chi connectivity index (χ1v) is 9.89. The van der Waals surface area contributed by atoms with E-state index in [2.05, 4.69) is 0 Å². The third-order valence-electron chi connectivity index (χ3n) is 8.61. The highest BCUT2D eigenvalue weighted by Gasteiger charge is 2.67. The first-order valence-electron chi connectivity index (χ1n) is 9.89. The van der Waals surface area contributed by atoms with E-state index in [0.717, 1.165) is 18.4 Å². The Morgan fingerprint density at radius 3 is 2.46 bits per heavy atom. The van der Waals surface area contributed by atoms with E-state index in [0.29, 0.717) is 19.3 Å².